The number of nitrogen functional groups attached to an aromatic ring is 1. The summed E-state index contributed by atoms with van der Waals surface area (Å²) in [6, 6.07) is 5.23. The molecule has 0 aliphatic carbocycles. The van der Waals surface area contributed by atoms with E-state index in [1.165, 1.54) is 0 Å². The van der Waals surface area contributed by atoms with Gasteiger partial charge in [0, 0.05) is 25.2 Å². The van der Waals surface area contributed by atoms with Gasteiger partial charge < -0.3 is 10.6 Å². The average molecular weight is 334 g/mol. The van der Waals surface area contributed by atoms with Crippen molar-refractivity contribution in [1.82, 2.24) is 20.1 Å². The highest BCUT2D eigenvalue weighted by molar-refractivity contribution is 6.35. The van der Waals surface area contributed by atoms with Gasteiger partial charge in [0.1, 0.15) is 16.4 Å². The summed E-state index contributed by atoms with van der Waals surface area (Å²) in [6.07, 6.45) is 3.07. The number of pyridine rings is 1. The highest BCUT2D eigenvalue weighted by Crippen LogP contribution is 2.25. The third-order valence-electron chi connectivity index (χ3n) is 3.94. The minimum atomic E-state index is -0.294. The lowest BCUT2D eigenvalue weighted by atomic mass is 9.91. The van der Waals surface area contributed by atoms with E-state index in [-0.39, 0.29) is 34.1 Å². The molecule has 0 radical (unpaired) electrons. The van der Waals surface area contributed by atoms with Gasteiger partial charge in [-0.25, -0.2) is 0 Å². The van der Waals surface area contributed by atoms with Crippen LogP contribution >= 0.6 is 11.6 Å². The molecule has 3 heterocycles. The second-order valence-electron chi connectivity index (χ2n) is 5.47. The average Bonchev–Trinajstić information content (AvgIpc) is 2.93. The van der Waals surface area contributed by atoms with Crippen LogP contribution in [0.25, 0.3) is 0 Å². The van der Waals surface area contributed by atoms with Gasteiger partial charge in [-0.2, -0.15) is 5.10 Å². The number of hydrogen-bond donors (Lipinski definition) is 2. The maximum atomic E-state index is 12.5. The Hall–Kier alpha value is -2.41. The molecule has 3 N–H and O–H groups in total. The smallest absolute Gasteiger partial charge is 0.273 e. The normalized spacial score (nSPS) is 18.0. The second kappa shape index (κ2) is 6.37. The molecule has 120 valence electrons. The lowest BCUT2D eigenvalue weighted by Gasteiger charge is -2.31. The number of ketones is 1. The number of likely N-dealkylation sites (tertiary alicyclic amines) is 1. The van der Waals surface area contributed by atoms with Gasteiger partial charge in [0.05, 0.1) is 0 Å². The third-order valence-corrected chi connectivity index (χ3v) is 4.33. The molecule has 0 bridgehead atoms. The number of anilines is 1. The van der Waals surface area contributed by atoms with Crippen molar-refractivity contribution in [3.63, 3.8) is 0 Å². The first-order chi connectivity index (χ1) is 11.1. The van der Waals surface area contributed by atoms with E-state index in [9.17, 15) is 9.59 Å². The van der Waals surface area contributed by atoms with Gasteiger partial charge in [-0.05, 0) is 25.0 Å². The number of nitrogens with zero attached hydrogens (tertiary/aromatic N) is 3. The first-order valence-corrected chi connectivity index (χ1v) is 7.69. The zero-order valence-corrected chi connectivity index (χ0v) is 13.1. The van der Waals surface area contributed by atoms with Crippen LogP contribution in [-0.4, -0.2) is 44.9 Å². The van der Waals surface area contributed by atoms with Crippen LogP contribution in [0.15, 0.2) is 24.4 Å². The maximum absolute atomic E-state index is 12.5. The lowest BCUT2D eigenvalue weighted by Crippen LogP contribution is -2.42. The van der Waals surface area contributed by atoms with Crippen molar-refractivity contribution in [3.8, 4) is 0 Å². The molecule has 2 aromatic rings. The van der Waals surface area contributed by atoms with Crippen LogP contribution in [0.4, 0.5) is 5.82 Å². The minimum absolute atomic E-state index is 0.0432. The van der Waals surface area contributed by atoms with Crippen molar-refractivity contribution in [3.05, 3.63) is 40.8 Å². The number of piperidine rings is 1. The van der Waals surface area contributed by atoms with Gasteiger partial charge >= 0.3 is 0 Å². The molecule has 3 rings (SSSR count). The SMILES string of the molecule is Nc1n[nH]c(C(=O)N2CCC[C@H](C(=O)c3ccccn3)C2)c1Cl. The summed E-state index contributed by atoms with van der Waals surface area (Å²) in [5, 5.41) is 6.40. The lowest BCUT2D eigenvalue weighted by molar-refractivity contribution is 0.0630. The number of amides is 1. The van der Waals surface area contributed by atoms with Crippen LogP contribution in [0.3, 0.4) is 0 Å². The summed E-state index contributed by atoms with van der Waals surface area (Å²) in [5.41, 5.74) is 6.14. The summed E-state index contributed by atoms with van der Waals surface area (Å²) >= 11 is 5.97. The molecule has 0 saturated carbocycles. The molecule has 1 amide bonds. The van der Waals surface area contributed by atoms with Crippen molar-refractivity contribution in [2.75, 3.05) is 18.8 Å². The van der Waals surface area contributed by atoms with Crippen molar-refractivity contribution in [2.45, 2.75) is 12.8 Å². The van der Waals surface area contributed by atoms with E-state index in [1.807, 2.05) is 0 Å². The standard InChI is InChI=1S/C15H16ClN5O2/c16-11-12(19-20-14(11)17)15(23)21-7-3-4-9(8-21)13(22)10-5-1-2-6-18-10/h1-2,5-6,9H,3-4,7-8H2,(H3,17,19,20)/t9-/m0/s1. The van der Waals surface area contributed by atoms with E-state index >= 15 is 0 Å². The van der Waals surface area contributed by atoms with Gasteiger partial charge in [0.25, 0.3) is 5.91 Å². The summed E-state index contributed by atoms with van der Waals surface area (Å²) in [6.45, 7) is 0.906. The minimum Gasteiger partial charge on any atom is -0.381 e. The largest absolute Gasteiger partial charge is 0.381 e. The van der Waals surface area contributed by atoms with E-state index in [0.29, 0.717) is 18.8 Å². The van der Waals surface area contributed by atoms with Crippen LogP contribution in [-0.2, 0) is 0 Å². The zero-order valence-electron chi connectivity index (χ0n) is 12.3. The predicted molar refractivity (Wildman–Crippen MR) is 85.2 cm³/mol. The molecule has 1 fully saturated rings. The van der Waals surface area contributed by atoms with Gasteiger partial charge in [-0.3, -0.25) is 19.7 Å². The predicted octanol–water partition coefficient (Wildman–Crippen LogP) is 1.78. The molecule has 23 heavy (non-hydrogen) atoms. The molecular formula is C15H16ClN5O2. The fourth-order valence-corrected chi connectivity index (χ4v) is 2.90. The van der Waals surface area contributed by atoms with Gasteiger partial charge in [0.15, 0.2) is 11.6 Å². The topological polar surface area (TPSA) is 105 Å². The number of hydrogen-bond acceptors (Lipinski definition) is 5. The Morgan fingerprint density at radius 2 is 2.22 bits per heavy atom. The van der Waals surface area contributed by atoms with E-state index in [4.69, 9.17) is 17.3 Å². The van der Waals surface area contributed by atoms with Crippen LogP contribution < -0.4 is 5.73 Å². The Bertz CT molecular complexity index is 731. The molecule has 1 aliphatic heterocycles. The number of Topliss-reactive ketones (excluding diaryl/α,β-unsaturated/α-hetero) is 1. The summed E-state index contributed by atoms with van der Waals surface area (Å²) < 4.78 is 0. The Balaban J connectivity index is 1.75. The number of aromatic nitrogens is 3. The van der Waals surface area contributed by atoms with Gasteiger partial charge in [-0.15, -0.1) is 0 Å². The number of carbonyl (C=O) groups excluding carboxylic acids is 2. The molecule has 2 aromatic heterocycles. The molecule has 0 aromatic carbocycles. The Labute approximate surface area is 137 Å². The van der Waals surface area contributed by atoms with Crippen molar-refractivity contribution < 1.29 is 9.59 Å². The first kappa shape index (κ1) is 15.5. The number of nitrogens with two attached hydrogens (primary N) is 1. The van der Waals surface area contributed by atoms with E-state index in [1.54, 1.807) is 29.3 Å². The third kappa shape index (κ3) is 3.05. The Morgan fingerprint density at radius 1 is 1.39 bits per heavy atom. The molecule has 7 nitrogen and oxygen atoms in total. The zero-order chi connectivity index (χ0) is 16.4. The van der Waals surface area contributed by atoms with E-state index in [0.717, 1.165) is 12.8 Å². The molecule has 0 spiro atoms. The molecule has 1 aliphatic rings. The fourth-order valence-electron chi connectivity index (χ4n) is 2.74. The highest BCUT2D eigenvalue weighted by atomic mass is 35.5. The van der Waals surface area contributed by atoms with Crippen molar-refractivity contribution >= 4 is 29.1 Å². The Morgan fingerprint density at radius 3 is 2.87 bits per heavy atom. The van der Waals surface area contributed by atoms with Gasteiger partial charge in [-0.1, -0.05) is 17.7 Å². The number of rotatable bonds is 3. The Kier molecular flexibility index (Phi) is 4.29. The van der Waals surface area contributed by atoms with Crippen LogP contribution in [0.1, 0.15) is 33.8 Å². The van der Waals surface area contributed by atoms with Gasteiger partial charge in [0.2, 0.25) is 0 Å². The van der Waals surface area contributed by atoms with Crippen molar-refractivity contribution in [2.24, 2.45) is 5.92 Å². The van der Waals surface area contributed by atoms with E-state index < -0.39 is 0 Å². The summed E-state index contributed by atoms with van der Waals surface area (Å²) in [4.78, 5) is 30.7. The number of H-pyrrole nitrogens is 1. The number of nitrogens with one attached hydrogen (secondary N) is 1. The maximum Gasteiger partial charge on any atom is 0.273 e. The summed E-state index contributed by atoms with van der Waals surface area (Å²) in [7, 11) is 0. The monoisotopic (exact) mass is 333 g/mol. The molecule has 1 atom stereocenters. The fraction of sp³-hybridized carbons (Fsp3) is 0.333. The molecular weight excluding hydrogens is 318 g/mol. The van der Waals surface area contributed by atoms with Crippen LogP contribution in [0.5, 0.6) is 0 Å². The van der Waals surface area contributed by atoms with E-state index in [2.05, 4.69) is 15.2 Å². The number of carbonyl (C=O) groups is 2. The molecule has 1 saturated heterocycles. The van der Waals surface area contributed by atoms with Crippen LogP contribution in [0, 0.1) is 5.92 Å². The first-order valence-electron chi connectivity index (χ1n) is 7.31. The van der Waals surface area contributed by atoms with Crippen molar-refractivity contribution in [1.29, 1.82) is 0 Å². The number of aromatic amines is 1. The molecule has 0 unspecified atom stereocenters. The van der Waals surface area contributed by atoms with Crippen LogP contribution in [0.2, 0.25) is 5.02 Å². The second-order valence-corrected chi connectivity index (χ2v) is 5.85. The quantitative estimate of drug-likeness (QED) is 0.833. The molecule has 8 heteroatoms. The highest BCUT2D eigenvalue weighted by Gasteiger charge is 2.31. The number of halogens is 1. The summed E-state index contributed by atoms with van der Waals surface area (Å²) in [5.74, 6) is -0.508.